The Morgan fingerprint density at radius 1 is 1.38 bits per heavy atom. The SMILES string of the molecule is CCC1C(=O)NCCN1C(=O)COc1ccc(C)c(C)c1. The fourth-order valence-electron chi connectivity index (χ4n) is 2.45. The molecule has 1 saturated heterocycles. The highest BCUT2D eigenvalue weighted by Gasteiger charge is 2.31. The lowest BCUT2D eigenvalue weighted by atomic mass is 10.1. The van der Waals surface area contributed by atoms with Crippen molar-refractivity contribution >= 4 is 11.8 Å². The number of benzene rings is 1. The topological polar surface area (TPSA) is 58.6 Å². The van der Waals surface area contributed by atoms with E-state index in [1.54, 1.807) is 4.90 Å². The van der Waals surface area contributed by atoms with E-state index in [-0.39, 0.29) is 24.5 Å². The molecule has 1 fully saturated rings. The largest absolute Gasteiger partial charge is 0.484 e. The van der Waals surface area contributed by atoms with Crippen LogP contribution >= 0.6 is 0 Å². The number of piperazine rings is 1. The number of hydrogen-bond donors (Lipinski definition) is 1. The Bertz CT molecular complexity index is 542. The van der Waals surface area contributed by atoms with Crippen LogP contribution in [-0.4, -0.2) is 42.5 Å². The predicted octanol–water partition coefficient (Wildman–Crippen LogP) is 1.42. The molecule has 0 aliphatic carbocycles. The molecule has 21 heavy (non-hydrogen) atoms. The number of ether oxygens (including phenoxy) is 1. The Morgan fingerprint density at radius 2 is 2.14 bits per heavy atom. The first-order chi connectivity index (χ1) is 10.0. The molecule has 2 rings (SSSR count). The third-order valence-electron chi connectivity index (χ3n) is 3.88. The number of hydrogen-bond acceptors (Lipinski definition) is 3. The van der Waals surface area contributed by atoms with Gasteiger partial charge in [-0.15, -0.1) is 0 Å². The molecule has 0 spiro atoms. The lowest BCUT2D eigenvalue weighted by molar-refractivity contribution is -0.144. The summed E-state index contributed by atoms with van der Waals surface area (Å²) < 4.78 is 5.56. The fraction of sp³-hybridized carbons (Fsp3) is 0.500. The number of nitrogens with one attached hydrogen (secondary N) is 1. The van der Waals surface area contributed by atoms with E-state index in [1.807, 2.05) is 39.0 Å². The van der Waals surface area contributed by atoms with Gasteiger partial charge in [-0.25, -0.2) is 0 Å². The third kappa shape index (κ3) is 3.54. The van der Waals surface area contributed by atoms with E-state index in [9.17, 15) is 9.59 Å². The second kappa shape index (κ2) is 6.61. The maximum absolute atomic E-state index is 12.3. The lowest BCUT2D eigenvalue weighted by Crippen LogP contribution is -2.57. The van der Waals surface area contributed by atoms with Crippen molar-refractivity contribution in [3.63, 3.8) is 0 Å². The maximum Gasteiger partial charge on any atom is 0.261 e. The minimum absolute atomic E-state index is 0.0354. The van der Waals surface area contributed by atoms with Crippen LogP contribution < -0.4 is 10.1 Å². The molecule has 0 saturated carbocycles. The number of nitrogens with zero attached hydrogens (tertiary/aromatic N) is 1. The van der Waals surface area contributed by atoms with Gasteiger partial charge in [-0.1, -0.05) is 13.0 Å². The molecule has 5 nitrogen and oxygen atoms in total. The molecule has 1 heterocycles. The van der Waals surface area contributed by atoms with Gasteiger partial charge in [0.2, 0.25) is 5.91 Å². The van der Waals surface area contributed by atoms with Crippen molar-refractivity contribution in [2.24, 2.45) is 0 Å². The monoisotopic (exact) mass is 290 g/mol. The van der Waals surface area contributed by atoms with Gasteiger partial charge in [-0.05, 0) is 43.5 Å². The second-order valence-corrected chi connectivity index (χ2v) is 5.34. The van der Waals surface area contributed by atoms with E-state index in [0.717, 1.165) is 5.56 Å². The number of carbonyl (C=O) groups is 2. The molecule has 2 amide bonds. The summed E-state index contributed by atoms with van der Waals surface area (Å²) in [7, 11) is 0. The Hall–Kier alpha value is -2.04. The molecule has 1 aromatic rings. The zero-order chi connectivity index (χ0) is 15.4. The smallest absolute Gasteiger partial charge is 0.261 e. The highest BCUT2D eigenvalue weighted by atomic mass is 16.5. The summed E-state index contributed by atoms with van der Waals surface area (Å²) in [5.41, 5.74) is 2.32. The van der Waals surface area contributed by atoms with Gasteiger partial charge in [0.15, 0.2) is 6.61 Å². The summed E-state index contributed by atoms with van der Waals surface area (Å²) in [6.45, 7) is 6.95. The molecule has 1 aliphatic rings. The van der Waals surface area contributed by atoms with Crippen molar-refractivity contribution in [1.29, 1.82) is 0 Å². The number of carbonyl (C=O) groups excluding carboxylic acids is 2. The van der Waals surface area contributed by atoms with E-state index in [2.05, 4.69) is 5.32 Å². The van der Waals surface area contributed by atoms with Gasteiger partial charge >= 0.3 is 0 Å². The van der Waals surface area contributed by atoms with Gasteiger partial charge in [0.25, 0.3) is 5.91 Å². The highest BCUT2D eigenvalue weighted by molar-refractivity contribution is 5.89. The summed E-state index contributed by atoms with van der Waals surface area (Å²) in [5, 5.41) is 2.78. The highest BCUT2D eigenvalue weighted by Crippen LogP contribution is 2.17. The van der Waals surface area contributed by atoms with Crippen LogP contribution in [0.1, 0.15) is 24.5 Å². The molecule has 1 aliphatic heterocycles. The minimum Gasteiger partial charge on any atom is -0.484 e. The van der Waals surface area contributed by atoms with Crippen molar-refractivity contribution in [2.45, 2.75) is 33.2 Å². The van der Waals surface area contributed by atoms with Gasteiger partial charge in [0.1, 0.15) is 11.8 Å². The number of aryl methyl sites for hydroxylation is 2. The van der Waals surface area contributed by atoms with E-state index in [1.165, 1.54) is 5.56 Å². The van der Waals surface area contributed by atoms with E-state index in [4.69, 9.17) is 4.74 Å². The molecule has 5 heteroatoms. The molecule has 1 atom stereocenters. The maximum atomic E-state index is 12.3. The number of rotatable bonds is 4. The molecule has 1 N–H and O–H groups in total. The van der Waals surface area contributed by atoms with Crippen LogP contribution in [0.25, 0.3) is 0 Å². The zero-order valence-electron chi connectivity index (χ0n) is 12.8. The predicted molar refractivity (Wildman–Crippen MR) is 80.2 cm³/mol. The van der Waals surface area contributed by atoms with Crippen molar-refractivity contribution < 1.29 is 14.3 Å². The van der Waals surface area contributed by atoms with Gasteiger partial charge in [-0.3, -0.25) is 9.59 Å². The first-order valence-electron chi connectivity index (χ1n) is 7.30. The van der Waals surface area contributed by atoms with Crippen molar-refractivity contribution in [1.82, 2.24) is 10.2 Å². The van der Waals surface area contributed by atoms with Crippen LogP contribution in [0.4, 0.5) is 0 Å². The average molecular weight is 290 g/mol. The summed E-state index contributed by atoms with van der Waals surface area (Å²) in [5.74, 6) is 0.458. The van der Waals surface area contributed by atoms with Crippen LogP contribution in [0.2, 0.25) is 0 Å². The molecule has 114 valence electrons. The summed E-state index contributed by atoms with van der Waals surface area (Å²) in [4.78, 5) is 25.6. The summed E-state index contributed by atoms with van der Waals surface area (Å²) >= 11 is 0. The normalized spacial score (nSPS) is 18.3. The van der Waals surface area contributed by atoms with Crippen LogP contribution in [0, 0.1) is 13.8 Å². The molecule has 1 aromatic carbocycles. The lowest BCUT2D eigenvalue weighted by Gasteiger charge is -2.34. The van der Waals surface area contributed by atoms with Crippen LogP contribution in [-0.2, 0) is 9.59 Å². The van der Waals surface area contributed by atoms with Crippen molar-refractivity contribution in [2.75, 3.05) is 19.7 Å². The quantitative estimate of drug-likeness (QED) is 0.912. The standard InChI is InChI=1S/C16H22N2O3/c1-4-14-16(20)17-7-8-18(14)15(19)10-21-13-6-5-11(2)12(3)9-13/h5-6,9,14H,4,7-8,10H2,1-3H3,(H,17,20). The van der Waals surface area contributed by atoms with Crippen molar-refractivity contribution in [3.8, 4) is 5.75 Å². The van der Waals surface area contributed by atoms with Gasteiger partial charge in [0, 0.05) is 13.1 Å². The minimum atomic E-state index is -0.380. The Labute approximate surface area is 125 Å². The zero-order valence-corrected chi connectivity index (χ0v) is 12.8. The fourth-order valence-corrected chi connectivity index (χ4v) is 2.45. The molecular weight excluding hydrogens is 268 g/mol. The molecule has 0 radical (unpaired) electrons. The van der Waals surface area contributed by atoms with E-state index >= 15 is 0 Å². The van der Waals surface area contributed by atoms with E-state index < -0.39 is 0 Å². The molecule has 1 unspecified atom stereocenters. The Balaban J connectivity index is 1.97. The Kier molecular flexibility index (Phi) is 4.83. The average Bonchev–Trinajstić information content (AvgIpc) is 2.48. The Morgan fingerprint density at radius 3 is 2.81 bits per heavy atom. The van der Waals surface area contributed by atoms with Gasteiger partial charge < -0.3 is 15.0 Å². The van der Waals surface area contributed by atoms with Crippen molar-refractivity contribution in [3.05, 3.63) is 29.3 Å². The summed E-state index contributed by atoms with van der Waals surface area (Å²) in [6, 6.07) is 5.37. The third-order valence-corrected chi connectivity index (χ3v) is 3.88. The molecule has 0 bridgehead atoms. The van der Waals surface area contributed by atoms with Gasteiger partial charge in [-0.2, -0.15) is 0 Å². The van der Waals surface area contributed by atoms with Gasteiger partial charge in [0.05, 0.1) is 0 Å². The van der Waals surface area contributed by atoms with Crippen LogP contribution in [0.15, 0.2) is 18.2 Å². The summed E-state index contributed by atoms with van der Waals surface area (Å²) in [6.07, 6.45) is 0.612. The second-order valence-electron chi connectivity index (χ2n) is 5.34. The number of amides is 2. The molecular formula is C16H22N2O3. The van der Waals surface area contributed by atoms with Crippen LogP contribution in [0.5, 0.6) is 5.75 Å². The first kappa shape index (κ1) is 15.4. The molecule has 0 aromatic heterocycles. The van der Waals surface area contributed by atoms with Crippen LogP contribution in [0.3, 0.4) is 0 Å². The van der Waals surface area contributed by atoms with E-state index in [0.29, 0.717) is 25.3 Å². The first-order valence-corrected chi connectivity index (χ1v) is 7.30.